The Morgan fingerprint density at radius 2 is 1.78 bits per heavy atom. The van der Waals surface area contributed by atoms with Gasteiger partial charge in [-0.15, -0.1) is 0 Å². The van der Waals surface area contributed by atoms with Crippen molar-refractivity contribution in [1.82, 2.24) is 14.5 Å². The predicted molar refractivity (Wildman–Crippen MR) is 127 cm³/mol. The number of aliphatic hydroxyl groups is 1. The quantitative estimate of drug-likeness (QED) is 0.397. The van der Waals surface area contributed by atoms with Crippen LogP contribution in [0.5, 0.6) is 0 Å². The number of carbonyl (C=O) groups is 2. The van der Waals surface area contributed by atoms with Crippen LogP contribution >= 0.6 is 7.60 Å². The van der Waals surface area contributed by atoms with Crippen LogP contribution in [0.25, 0.3) is 0 Å². The minimum Gasteiger partial charge on any atom is -0.387 e. The van der Waals surface area contributed by atoms with Crippen molar-refractivity contribution < 1.29 is 33.0 Å². The van der Waals surface area contributed by atoms with Crippen molar-refractivity contribution in [3.8, 4) is 11.6 Å². The summed E-state index contributed by atoms with van der Waals surface area (Å²) in [6, 6.07) is 7.51. The molecule has 0 bridgehead atoms. The molecule has 192 valence electrons. The number of hydrogen-bond acceptors (Lipinski definition) is 9. The van der Waals surface area contributed by atoms with Crippen molar-refractivity contribution in [1.29, 1.82) is 0 Å². The molecule has 0 spiro atoms. The molecule has 13 heteroatoms. The fourth-order valence-electron chi connectivity index (χ4n) is 3.59. The topological polar surface area (TPSA) is 155 Å². The predicted octanol–water partition coefficient (Wildman–Crippen LogP) is 0.688. The molecule has 36 heavy (non-hydrogen) atoms. The highest BCUT2D eigenvalue weighted by Crippen LogP contribution is 2.47. The fourth-order valence-corrected chi connectivity index (χ4v) is 4.76. The van der Waals surface area contributed by atoms with Crippen molar-refractivity contribution in [2.24, 2.45) is 0 Å². The minimum absolute atomic E-state index is 0.0591. The maximum atomic E-state index is 13.2. The Hall–Kier alpha value is -3.33. The van der Waals surface area contributed by atoms with Crippen molar-refractivity contribution >= 4 is 19.4 Å². The highest BCUT2D eigenvalue weighted by atomic mass is 31.2. The molecule has 2 aromatic rings. The Bertz CT molecular complexity index is 1330. The van der Waals surface area contributed by atoms with E-state index in [1.54, 1.807) is 32.0 Å². The highest BCUT2D eigenvalue weighted by Gasteiger charge is 2.45. The SMILES string of the molecule is CCOP(=O)(C#CC1OC(n2ccc(=O)n(C(=O)c3ccccc3)c2=O)C(NC(C)=O)C1O)OCC. The Kier molecular flexibility index (Phi) is 8.79. The second kappa shape index (κ2) is 11.6. The van der Waals surface area contributed by atoms with Gasteiger partial charge in [0.1, 0.15) is 18.2 Å². The van der Waals surface area contributed by atoms with Gasteiger partial charge in [0.15, 0.2) is 6.23 Å². The number of aliphatic hydroxyl groups excluding tert-OH is 1. The number of amides is 1. The van der Waals surface area contributed by atoms with E-state index in [0.717, 1.165) is 16.8 Å². The molecule has 4 atom stereocenters. The molecule has 1 saturated heterocycles. The van der Waals surface area contributed by atoms with Crippen molar-refractivity contribution in [3.05, 3.63) is 69.0 Å². The van der Waals surface area contributed by atoms with E-state index in [2.05, 4.69) is 16.9 Å². The van der Waals surface area contributed by atoms with Gasteiger partial charge in [-0.3, -0.25) is 28.0 Å². The zero-order valence-electron chi connectivity index (χ0n) is 19.8. The average Bonchev–Trinajstić information content (AvgIpc) is 3.13. The summed E-state index contributed by atoms with van der Waals surface area (Å²) < 4.78 is 30.0. The van der Waals surface area contributed by atoms with Gasteiger partial charge in [-0.05, 0) is 26.0 Å². The first-order chi connectivity index (χ1) is 17.1. The zero-order valence-corrected chi connectivity index (χ0v) is 20.7. The van der Waals surface area contributed by atoms with Gasteiger partial charge in [-0.25, -0.2) is 9.36 Å². The Labute approximate surface area is 206 Å². The molecule has 3 rings (SSSR count). The molecule has 1 aliphatic heterocycles. The van der Waals surface area contributed by atoms with Gasteiger partial charge in [-0.1, -0.05) is 24.1 Å². The van der Waals surface area contributed by atoms with Crippen LogP contribution in [0.3, 0.4) is 0 Å². The lowest BCUT2D eigenvalue weighted by Crippen LogP contribution is -2.50. The fraction of sp³-hybridized carbons (Fsp3) is 0.391. The summed E-state index contributed by atoms with van der Waals surface area (Å²) in [4.78, 5) is 50.4. The van der Waals surface area contributed by atoms with Gasteiger partial charge in [0.05, 0.1) is 13.2 Å². The number of nitrogens with zero attached hydrogens (tertiary/aromatic N) is 2. The Morgan fingerprint density at radius 1 is 1.14 bits per heavy atom. The molecule has 2 N–H and O–H groups in total. The summed E-state index contributed by atoms with van der Waals surface area (Å²) >= 11 is 0. The molecule has 2 heterocycles. The Balaban J connectivity index is 2.04. The van der Waals surface area contributed by atoms with Gasteiger partial charge in [-0.2, -0.15) is 4.57 Å². The number of benzene rings is 1. The van der Waals surface area contributed by atoms with E-state index >= 15 is 0 Å². The molecule has 1 aromatic carbocycles. The maximum Gasteiger partial charge on any atom is 0.405 e. The lowest BCUT2D eigenvalue weighted by atomic mass is 10.1. The third-order valence-electron chi connectivity index (χ3n) is 5.09. The Morgan fingerprint density at radius 3 is 2.36 bits per heavy atom. The van der Waals surface area contributed by atoms with E-state index in [1.807, 2.05) is 0 Å². The lowest BCUT2D eigenvalue weighted by molar-refractivity contribution is -0.121. The number of rotatable bonds is 7. The molecular formula is C23H26N3O9P. The number of carbonyl (C=O) groups excluding carboxylic acids is 2. The first-order valence-corrected chi connectivity index (χ1v) is 12.6. The number of ether oxygens (including phenoxy) is 1. The third-order valence-corrected chi connectivity index (χ3v) is 6.69. The van der Waals surface area contributed by atoms with E-state index in [1.165, 1.54) is 19.1 Å². The minimum atomic E-state index is -3.81. The summed E-state index contributed by atoms with van der Waals surface area (Å²) in [5, 5.41) is 13.3. The van der Waals surface area contributed by atoms with Gasteiger partial charge >= 0.3 is 13.3 Å². The van der Waals surface area contributed by atoms with Gasteiger partial charge < -0.3 is 15.2 Å². The maximum absolute atomic E-state index is 13.2. The van der Waals surface area contributed by atoms with E-state index in [4.69, 9.17) is 13.8 Å². The van der Waals surface area contributed by atoms with Crippen LogP contribution in [0.2, 0.25) is 0 Å². The molecule has 4 unspecified atom stereocenters. The average molecular weight is 519 g/mol. The number of nitrogens with one attached hydrogen (secondary N) is 1. The van der Waals surface area contributed by atoms with Gasteiger partial charge in [0, 0.05) is 30.4 Å². The summed E-state index contributed by atoms with van der Waals surface area (Å²) in [6.45, 7) is 4.53. The summed E-state index contributed by atoms with van der Waals surface area (Å²) in [6.07, 6.45) is -3.06. The van der Waals surface area contributed by atoms with Crippen LogP contribution in [0.15, 0.2) is 52.2 Å². The molecule has 0 aliphatic carbocycles. The zero-order chi connectivity index (χ0) is 26.5. The van der Waals surface area contributed by atoms with E-state index in [9.17, 15) is 28.8 Å². The van der Waals surface area contributed by atoms with Crippen molar-refractivity contribution in [3.63, 3.8) is 0 Å². The molecule has 0 radical (unpaired) electrons. The second-order valence-corrected chi connectivity index (χ2v) is 9.34. The van der Waals surface area contributed by atoms with E-state index in [-0.39, 0.29) is 18.8 Å². The molecule has 12 nitrogen and oxygen atoms in total. The van der Waals surface area contributed by atoms with Crippen molar-refractivity contribution in [2.45, 2.75) is 45.2 Å². The van der Waals surface area contributed by atoms with Gasteiger partial charge in [0.2, 0.25) is 5.91 Å². The molecule has 1 fully saturated rings. The third kappa shape index (κ3) is 5.90. The lowest BCUT2D eigenvalue weighted by Gasteiger charge is -2.22. The smallest absolute Gasteiger partial charge is 0.387 e. The summed E-state index contributed by atoms with van der Waals surface area (Å²) in [5.74, 6) is 1.10. The summed E-state index contributed by atoms with van der Waals surface area (Å²) in [5.41, 5.74) is 0.542. The number of aromatic nitrogens is 2. The molecule has 1 amide bonds. The van der Waals surface area contributed by atoms with Crippen LogP contribution in [0.1, 0.15) is 37.4 Å². The van der Waals surface area contributed by atoms with E-state index < -0.39 is 55.1 Å². The highest BCUT2D eigenvalue weighted by molar-refractivity contribution is 7.59. The summed E-state index contributed by atoms with van der Waals surface area (Å²) in [7, 11) is -3.81. The van der Waals surface area contributed by atoms with Crippen LogP contribution in [-0.4, -0.2) is 57.5 Å². The standard InChI is InChI=1S/C23H26N3O9P/c1-4-33-36(32,34-5-2)14-12-17-20(29)19(24-15(3)27)22(35-17)25-13-11-18(28)26(23(25)31)21(30)16-9-7-6-8-10-16/h6-11,13,17,19-20,22,29H,4-5H2,1-3H3,(H,24,27). The van der Waals surface area contributed by atoms with E-state index in [0.29, 0.717) is 4.57 Å². The van der Waals surface area contributed by atoms with Crippen LogP contribution in [-0.2, 0) is 23.1 Å². The number of hydrogen-bond donors (Lipinski definition) is 2. The molecule has 1 aliphatic rings. The second-order valence-electron chi connectivity index (χ2n) is 7.60. The molecular weight excluding hydrogens is 493 g/mol. The first kappa shape index (κ1) is 27.3. The van der Waals surface area contributed by atoms with Gasteiger partial charge in [0.25, 0.3) is 11.5 Å². The van der Waals surface area contributed by atoms with Crippen LogP contribution in [0.4, 0.5) is 0 Å². The van der Waals surface area contributed by atoms with Crippen molar-refractivity contribution in [2.75, 3.05) is 13.2 Å². The first-order valence-electron chi connectivity index (χ1n) is 11.1. The monoisotopic (exact) mass is 519 g/mol. The van der Waals surface area contributed by atoms with Crippen LogP contribution in [0, 0.1) is 11.6 Å². The molecule has 1 aromatic heterocycles. The largest absolute Gasteiger partial charge is 0.405 e. The van der Waals surface area contributed by atoms with Crippen LogP contribution < -0.4 is 16.6 Å². The normalized spacial score (nSPS) is 21.4. The molecule has 0 saturated carbocycles.